The molecular formula is C8H18ClNO. The van der Waals surface area contributed by atoms with Crippen LogP contribution in [0.25, 0.3) is 0 Å². The third-order valence-electron chi connectivity index (χ3n) is 2.44. The first-order valence-corrected chi connectivity index (χ1v) is 4.09. The Morgan fingerprint density at radius 1 is 1.64 bits per heavy atom. The molecule has 2 atom stereocenters. The molecule has 0 heterocycles. The lowest BCUT2D eigenvalue weighted by Gasteiger charge is -2.20. The Morgan fingerprint density at radius 2 is 2.27 bits per heavy atom. The van der Waals surface area contributed by atoms with Gasteiger partial charge in [-0.15, -0.1) is 12.4 Å². The molecule has 1 saturated carbocycles. The van der Waals surface area contributed by atoms with E-state index in [4.69, 9.17) is 5.73 Å². The van der Waals surface area contributed by atoms with Gasteiger partial charge in [-0.05, 0) is 38.1 Å². The highest BCUT2D eigenvalue weighted by molar-refractivity contribution is 5.85. The molecule has 0 spiro atoms. The highest BCUT2D eigenvalue weighted by Crippen LogP contribution is 2.35. The van der Waals surface area contributed by atoms with Gasteiger partial charge in [-0.3, -0.25) is 0 Å². The monoisotopic (exact) mass is 179 g/mol. The third kappa shape index (κ3) is 2.97. The second-order valence-electron chi connectivity index (χ2n) is 3.61. The molecule has 3 heteroatoms. The average molecular weight is 180 g/mol. The minimum Gasteiger partial charge on any atom is -0.390 e. The van der Waals surface area contributed by atoms with Gasteiger partial charge in [0.05, 0.1) is 5.60 Å². The second-order valence-corrected chi connectivity index (χ2v) is 3.61. The molecule has 1 aliphatic carbocycles. The van der Waals surface area contributed by atoms with Gasteiger partial charge in [0.15, 0.2) is 0 Å². The van der Waals surface area contributed by atoms with Gasteiger partial charge < -0.3 is 10.8 Å². The summed E-state index contributed by atoms with van der Waals surface area (Å²) < 4.78 is 0. The van der Waals surface area contributed by atoms with Gasteiger partial charge in [0.1, 0.15) is 0 Å². The smallest absolute Gasteiger partial charge is 0.0662 e. The van der Waals surface area contributed by atoms with Gasteiger partial charge in [0.2, 0.25) is 0 Å². The van der Waals surface area contributed by atoms with Crippen LogP contribution < -0.4 is 5.73 Å². The van der Waals surface area contributed by atoms with E-state index < -0.39 is 5.60 Å². The van der Waals surface area contributed by atoms with Crippen LogP contribution in [0.5, 0.6) is 0 Å². The summed E-state index contributed by atoms with van der Waals surface area (Å²) in [5.41, 5.74) is 4.97. The standard InChI is InChI=1S/C8H17NO.ClH/c1-7-2-3-8(10,6-7)4-5-9;/h7,10H,2-6,9H2,1H3;1H. The molecule has 1 aliphatic rings. The van der Waals surface area contributed by atoms with Gasteiger partial charge >= 0.3 is 0 Å². The van der Waals surface area contributed by atoms with E-state index in [2.05, 4.69) is 6.92 Å². The lowest BCUT2D eigenvalue weighted by molar-refractivity contribution is 0.0379. The van der Waals surface area contributed by atoms with Crippen LogP contribution in [-0.2, 0) is 0 Å². The van der Waals surface area contributed by atoms with E-state index >= 15 is 0 Å². The first-order valence-electron chi connectivity index (χ1n) is 4.09. The molecule has 2 nitrogen and oxygen atoms in total. The predicted octanol–water partition coefficient (Wildman–Crippen LogP) is 1.31. The maximum atomic E-state index is 9.78. The fraction of sp³-hybridized carbons (Fsp3) is 1.00. The van der Waals surface area contributed by atoms with Crippen molar-refractivity contribution in [3.8, 4) is 0 Å². The molecule has 0 aromatic heterocycles. The molecule has 0 saturated heterocycles. The summed E-state index contributed by atoms with van der Waals surface area (Å²) in [7, 11) is 0. The summed E-state index contributed by atoms with van der Waals surface area (Å²) in [6, 6.07) is 0. The number of hydrogen-bond donors (Lipinski definition) is 2. The molecule has 1 rings (SSSR count). The van der Waals surface area contributed by atoms with E-state index in [1.165, 1.54) is 0 Å². The maximum Gasteiger partial charge on any atom is 0.0662 e. The normalized spacial score (nSPS) is 36.8. The Balaban J connectivity index is 0.000001000. The molecule has 1 fully saturated rings. The van der Waals surface area contributed by atoms with Crippen LogP contribution in [0.15, 0.2) is 0 Å². The molecule has 0 aromatic rings. The summed E-state index contributed by atoms with van der Waals surface area (Å²) in [5.74, 6) is 0.691. The molecule has 2 unspecified atom stereocenters. The van der Waals surface area contributed by atoms with E-state index in [1.54, 1.807) is 0 Å². The largest absolute Gasteiger partial charge is 0.390 e. The lowest BCUT2D eigenvalue weighted by Crippen LogP contribution is -2.27. The first-order chi connectivity index (χ1) is 4.66. The molecule has 0 radical (unpaired) electrons. The number of rotatable bonds is 2. The van der Waals surface area contributed by atoms with Crippen molar-refractivity contribution in [2.45, 2.75) is 38.2 Å². The summed E-state index contributed by atoms with van der Waals surface area (Å²) >= 11 is 0. The summed E-state index contributed by atoms with van der Waals surface area (Å²) in [6.07, 6.45) is 3.84. The van der Waals surface area contributed by atoms with Crippen LogP contribution in [0.2, 0.25) is 0 Å². The first kappa shape index (κ1) is 11.2. The number of nitrogens with two attached hydrogens (primary N) is 1. The van der Waals surface area contributed by atoms with Gasteiger partial charge in [-0.25, -0.2) is 0 Å². The van der Waals surface area contributed by atoms with Gasteiger partial charge in [0, 0.05) is 0 Å². The van der Waals surface area contributed by atoms with Crippen LogP contribution in [0, 0.1) is 5.92 Å². The average Bonchev–Trinajstić information content (AvgIpc) is 2.12. The van der Waals surface area contributed by atoms with Crippen LogP contribution in [0.1, 0.15) is 32.6 Å². The summed E-state index contributed by atoms with van der Waals surface area (Å²) in [5, 5.41) is 9.78. The third-order valence-corrected chi connectivity index (χ3v) is 2.44. The van der Waals surface area contributed by atoms with Crippen LogP contribution in [0.4, 0.5) is 0 Å². The van der Waals surface area contributed by atoms with Crippen molar-refractivity contribution < 1.29 is 5.11 Å². The topological polar surface area (TPSA) is 46.2 Å². The minimum atomic E-state index is -0.409. The second kappa shape index (κ2) is 4.29. The predicted molar refractivity (Wildman–Crippen MR) is 48.9 cm³/mol. The van der Waals surface area contributed by atoms with Gasteiger partial charge in [-0.2, -0.15) is 0 Å². The zero-order valence-corrected chi connectivity index (χ0v) is 7.86. The zero-order valence-electron chi connectivity index (χ0n) is 7.05. The Kier molecular flexibility index (Phi) is 4.37. The Labute approximate surface area is 74.6 Å². The number of aliphatic hydroxyl groups is 1. The minimum absolute atomic E-state index is 0. The highest BCUT2D eigenvalue weighted by Gasteiger charge is 2.33. The molecular weight excluding hydrogens is 162 g/mol. The molecule has 68 valence electrons. The molecule has 0 aromatic carbocycles. The molecule has 11 heavy (non-hydrogen) atoms. The summed E-state index contributed by atoms with van der Waals surface area (Å²) in [4.78, 5) is 0. The fourth-order valence-corrected chi connectivity index (χ4v) is 1.86. The Hall–Kier alpha value is 0.210. The lowest BCUT2D eigenvalue weighted by atomic mass is 9.97. The quantitative estimate of drug-likeness (QED) is 0.672. The highest BCUT2D eigenvalue weighted by atomic mass is 35.5. The Bertz CT molecular complexity index is 117. The van der Waals surface area contributed by atoms with Crippen molar-refractivity contribution in [1.29, 1.82) is 0 Å². The summed E-state index contributed by atoms with van der Waals surface area (Å²) in [6.45, 7) is 2.80. The van der Waals surface area contributed by atoms with Crippen molar-refractivity contribution in [1.82, 2.24) is 0 Å². The SMILES string of the molecule is CC1CCC(O)(CCN)C1.Cl. The van der Waals surface area contributed by atoms with Gasteiger partial charge in [-0.1, -0.05) is 6.92 Å². The fourth-order valence-electron chi connectivity index (χ4n) is 1.86. The number of halogens is 1. The van der Waals surface area contributed by atoms with Crippen LogP contribution in [-0.4, -0.2) is 17.3 Å². The molecule has 0 bridgehead atoms. The van der Waals surface area contributed by atoms with E-state index in [-0.39, 0.29) is 12.4 Å². The Morgan fingerprint density at radius 3 is 2.64 bits per heavy atom. The van der Waals surface area contributed by atoms with Crippen molar-refractivity contribution in [3.05, 3.63) is 0 Å². The molecule has 0 aliphatic heterocycles. The van der Waals surface area contributed by atoms with Gasteiger partial charge in [0.25, 0.3) is 0 Å². The zero-order chi connectivity index (χ0) is 7.61. The van der Waals surface area contributed by atoms with E-state index in [0.29, 0.717) is 12.5 Å². The van der Waals surface area contributed by atoms with E-state index in [1.807, 2.05) is 0 Å². The van der Waals surface area contributed by atoms with Crippen molar-refractivity contribution in [2.24, 2.45) is 11.7 Å². The van der Waals surface area contributed by atoms with Crippen molar-refractivity contribution in [3.63, 3.8) is 0 Å². The van der Waals surface area contributed by atoms with Crippen molar-refractivity contribution >= 4 is 12.4 Å². The van der Waals surface area contributed by atoms with Crippen molar-refractivity contribution in [2.75, 3.05) is 6.54 Å². The molecule has 3 N–H and O–H groups in total. The van der Waals surface area contributed by atoms with Crippen LogP contribution >= 0.6 is 12.4 Å². The maximum absolute atomic E-state index is 9.78. The molecule has 0 amide bonds. The van der Waals surface area contributed by atoms with E-state index in [0.717, 1.165) is 25.7 Å². The number of hydrogen-bond acceptors (Lipinski definition) is 2. The van der Waals surface area contributed by atoms with E-state index in [9.17, 15) is 5.11 Å². The van der Waals surface area contributed by atoms with Crippen LogP contribution in [0.3, 0.4) is 0 Å².